The van der Waals surface area contributed by atoms with E-state index in [0.29, 0.717) is 5.76 Å². The van der Waals surface area contributed by atoms with E-state index in [1.807, 2.05) is 0 Å². The van der Waals surface area contributed by atoms with Crippen LogP contribution in [0.15, 0.2) is 10.6 Å². The second-order valence-electron chi connectivity index (χ2n) is 6.09. The molecular weight excluding hydrogens is 292 g/mol. The SMILES string of the molecule is COC(=O)[C@@](C)(NC(=O)OC(C)(C)C)[C@H](O)c1cc(C)on1. The van der Waals surface area contributed by atoms with Gasteiger partial charge in [0.2, 0.25) is 0 Å². The predicted octanol–water partition coefficient (Wildman–Crippen LogP) is 1.47. The van der Waals surface area contributed by atoms with Crippen LogP contribution < -0.4 is 5.32 Å². The molecule has 0 fully saturated rings. The van der Waals surface area contributed by atoms with Crippen LogP contribution in [0.4, 0.5) is 4.79 Å². The average molecular weight is 314 g/mol. The Labute approximate surface area is 128 Å². The van der Waals surface area contributed by atoms with Crippen LogP contribution in [0.1, 0.15) is 45.3 Å². The van der Waals surface area contributed by atoms with Gasteiger partial charge in [0.15, 0.2) is 5.54 Å². The fourth-order valence-corrected chi connectivity index (χ4v) is 1.77. The fourth-order valence-electron chi connectivity index (χ4n) is 1.77. The third-order valence-corrected chi connectivity index (χ3v) is 2.84. The van der Waals surface area contributed by atoms with Gasteiger partial charge in [-0.1, -0.05) is 5.16 Å². The molecule has 2 N–H and O–H groups in total. The lowest BCUT2D eigenvalue weighted by Crippen LogP contribution is -2.57. The molecule has 8 nitrogen and oxygen atoms in total. The number of esters is 1. The Hall–Kier alpha value is -2.09. The number of aliphatic hydroxyl groups is 1. The molecule has 0 saturated carbocycles. The number of hydrogen-bond donors (Lipinski definition) is 2. The second kappa shape index (κ2) is 6.35. The number of carbonyl (C=O) groups excluding carboxylic acids is 2. The summed E-state index contributed by atoms with van der Waals surface area (Å²) in [5, 5.41) is 16.4. The average Bonchev–Trinajstić information content (AvgIpc) is 2.80. The number of aryl methyl sites for hydroxylation is 1. The summed E-state index contributed by atoms with van der Waals surface area (Å²) in [7, 11) is 1.15. The van der Waals surface area contributed by atoms with Gasteiger partial charge in [-0.3, -0.25) is 0 Å². The van der Waals surface area contributed by atoms with E-state index < -0.39 is 29.3 Å². The number of nitrogens with zero attached hydrogens (tertiary/aromatic N) is 1. The van der Waals surface area contributed by atoms with E-state index in [-0.39, 0.29) is 5.69 Å². The maximum absolute atomic E-state index is 12.0. The highest BCUT2D eigenvalue weighted by Crippen LogP contribution is 2.27. The van der Waals surface area contributed by atoms with Crippen LogP contribution in [0.2, 0.25) is 0 Å². The number of aromatic nitrogens is 1. The maximum Gasteiger partial charge on any atom is 0.408 e. The van der Waals surface area contributed by atoms with Crippen LogP contribution in [-0.2, 0) is 14.3 Å². The van der Waals surface area contributed by atoms with E-state index in [1.165, 1.54) is 13.0 Å². The highest BCUT2D eigenvalue weighted by atomic mass is 16.6. The van der Waals surface area contributed by atoms with Gasteiger partial charge >= 0.3 is 12.1 Å². The first-order chi connectivity index (χ1) is 9.99. The predicted molar refractivity (Wildman–Crippen MR) is 76.0 cm³/mol. The number of aliphatic hydroxyl groups excluding tert-OH is 1. The number of amides is 1. The summed E-state index contributed by atoms with van der Waals surface area (Å²) in [5.41, 5.74) is -2.43. The van der Waals surface area contributed by atoms with Gasteiger partial charge < -0.3 is 24.4 Å². The molecule has 22 heavy (non-hydrogen) atoms. The fraction of sp³-hybridized carbons (Fsp3) is 0.643. The molecule has 0 aliphatic rings. The number of nitrogens with one attached hydrogen (secondary N) is 1. The van der Waals surface area contributed by atoms with Crippen LogP contribution in [0.25, 0.3) is 0 Å². The van der Waals surface area contributed by atoms with E-state index >= 15 is 0 Å². The molecule has 0 unspecified atom stereocenters. The number of rotatable bonds is 4. The van der Waals surface area contributed by atoms with E-state index in [4.69, 9.17) is 9.26 Å². The molecular formula is C14H22N2O6. The second-order valence-corrected chi connectivity index (χ2v) is 6.09. The minimum Gasteiger partial charge on any atom is -0.467 e. The lowest BCUT2D eigenvalue weighted by Gasteiger charge is -2.32. The van der Waals surface area contributed by atoms with Crippen LogP contribution in [0, 0.1) is 6.92 Å². The smallest absolute Gasteiger partial charge is 0.408 e. The monoisotopic (exact) mass is 314 g/mol. The third-order valence-electron chi connectivity index (χ3n) is 2.84. The highest BCUT2D eigenvalue weighted by Gasteiger charge is 2.46. The molecule has 1 aromatic rings. The van der Waals surface area contributed by atoms with E-state index in [1.54, 1.807) is 27.7 Å². The zero-order chi connectivity index (χ0) is 17.1. The Morgan fingerprint density at radius 1 is 1.36 bits per heavy atom. The minimum atomic E-state index is -1.78. The molecule has 0 aliphatic heterocycles. The van der Waals surface area contributed by atoms with Crippen molar-refractivity contribution in [3.63, 3.8) is 0 Å². The van der Waals surface area contributed by atoms with Crippen molar-refractivity contribution in [2.45, 2.75) is 51.9 Å². The van der Waals surface area contributed by atoms with E-state index in [0.717, 1.165) is 7.11 Å². The van der Waals surface area contributed by atoms with Crippen LogP contribution in [0.5, 0.6) is 0 Å². The van der Waals surface area contributed by atoms with Crippen molar-refractivity contribution >= 4 is 12.1 Å². The molecule has 0 radical (unpaired) electrons. The molecule has 1 amide bonds. The summed E-state index contributed by atoms with van der Waals surface area (Å²) in [6.45, 7) is 8.00. The molecule has 1 aromatic heterocycles. The van der Waals surface area contributed by atoms with E-state index in [2.05, 4.69) is 15.2 Å². The Balaban J connectivity index is 3.04. The largest absolute Gasteiger partial charge is 0.467 e. The molecule has 1 heterocycles. The van der Waals surface area contributed by atoms with Crippen molar-refractivity contribution in [1.82, 2.24) is 10.5 Å². The summed E-state index contributed by atoms with van der Waals surface area (Å²) >= 11 is 0. The summed E-state index contributed by atoms with van der Waals surface area (Å²) in [6, 6.07) is 1.46. The van der Waals surface area contributed by atoms with Gasteiger partial charge in [0.25, 0.3) is 0 Å². The van der Waals surface area contributed by atoms with Crippen molar-refractivity contribution < 1.29 is 28.7 Å². The molecule has 0 aliphatic carbocycles. The molecule has 2 atom stereocenters. The van der Waals surface area contributed by atoms with Gasteiger partial charge in [0.05, 0.1) is 7.11 Å². The number of ether oxygens (including phenoxy) is 2. The zero-order valence-corrected chi connectivity index (χ0v) is 13.6. The van der Waals surface area contributed by atoms with Crippen molar-refractivity contribution in [1.29, 1.82) is 0 Å². The van der Waals surface area contributed by atoms with Gasteiger partial charge in [-0.25, -0.2) is 9.59 Å². The van der Waals surface area contributed by atoms with Crippen LogP contribution >= 0.6 is 0 Å². The molecule has 124 valence electrons. The molecule has 1 rings (SSSR count). The van der Waals surface area contributed by atoms with Crippen molar-refractivity contribution in [3.8, 4) is 0 Å². The molecule has 0 spiro atoms. The van der Waals surface area contributed by atoms with Crippen molar-refractivity contribution in [2.24, 2.45) is 0 Å². The Kier molecular flexibility index (Phi) is 5.18. The maximum atomic E-state index is 12.0. The first kappa shape index (κ1) is 18.0. The molecule has 0 bridgehead atoms. The quantitative estimate of drug-likeness (QED) is 0.809. The topological polar surface area (TPSA) is 111 Å². The summed E-state index contributed by atoms with van der Waals surface area (Å²) in [5.74, 6) is -0.384. The highest BCUT2D eigenvalue weighted by molar-refractivity contribution is 5.86. The van der Waals surface area contributed by atoms with Gasteiger partial charge in [-0.15, -0.1) is 0 Å². The minimum absolute atomic E-state index is 0.0986. The number of hydrogen-bond acceptors (Lipinski definition) is 7. The van der Waals surface area contributed by atoms with Gasteiger partial charge in [0.1, 0.15) is 23.2 Å². The molecule has 0 aromatic carbocycles. The van der Waals surface area contributed by atoms with Crippen molar-refractivity contribution in [3.05, 3.63) is 17.5 Å². The summed E-state index contributed by atoms with van der Waals surface area (Å²) in [6.07, 6.45) is -2.33. The van der Waals surface area contributed by atoms with E-state index in [9.17, 15) is 14.7 Å². The Morgan fingerprint density at radius 2 is 1.95 bits per heavy atom. The number of carbonyl (C=O) groups is 2. The lowest BCUT2D eigenvalue weighted by molar-refractivity contribution is -0.153. The van der Waals surface area contributed by atoms with Crippen LogP contribution in [0.3, 0.4) is 0 Å². The summed E-state index contributed by atoms with van der Waals surface area (Å²) in [4.78, 5) is 24.0. The normalized spacial score (nSPS) is 15.6. The lowest BCUT2D eigenvalue weighted by atomic mass is 9.92. The van der Waals surface area contributed by atoms with Gasteiger partial charge in [-0.2, -0.15) is 0 Å². The third kappa shape index (κ3) is 4.20. The standard InChI is InChI=1S/C14H22N2O6/c1-8-7-9(16-22-8)10(17)14(5,11(18)20-6)15-12(19)21-13(2,3)4/h7,10,17H,1-6H3,(H,15,19)/t10-,14+/m1/s1. The first-order valence-electron chi connectivity index (χ1n) is 6.70. The summed E-state index contributed by atoms with van der Waals surface area (Å²) < 4.78 is 14.6. The van der Waals surface area contributed by atoms with Gasteiger partial charge in [0, 0.05) is 6.07 Å². The first-order valence-corrected chi connectivity index (χ1v) is 6.70. The van der Waals surface area contributed by atoms with Crippen molar-refractivity contribution in [2.75, 3.05) is 7.11 Å². The Morgan fingerprint density at radius 3 is 2.36 bits per heavy atom. The Bertz CT molecular complexity index is 548. The molecule has 0 saturated heterocycles. The zero-order valence-electron chi connectivity index (χ0n) is 13.6. The number of methoxy groups -OCH3 is 1. The van der Waals surface area contributed by atoms with Crippen LogP contribution in [-0.4, -0.2) is 40.6 Å². The number of alkyl carbamates (subject to hydrolysis) is 1. The van der Waals surface area contributed by atoms with Gasteiger partial charge in [-0.05, 0) is 34.6 Å². The molecule has 8 heteroatoms.